The minimum Gasteiger partial charge on any atom is -0.344 e. The van der Waals surface area contributed by atoms with Crippen LogP contribution in [0.25, 0.3) is 0 Å². The van der Waals surface area contributed by atoms with Crippen LogP contribution < -0.4 is 15.5 Å². The molecule has 0 radical (unpaired) electrons. The molecule has 5 nitrogen and oxygen atoms in total. The number of para-hydroxylation sites is 1. The normalized spacial score (nSPS) is 24.8. The molecule has 1 aromatic rings. The van der Waals surface area contributed by atoms with Crippen LogP contribution in [-0.2, 0) is 9.59 Å². The Bertz CT molecular complexity index is 582. The summed E-state index contributed by atoms with van der Waals surface area (Å²) in [5.41, 5.74) is -0.341. The maximum Gasteiger partial charge on any atom is 0.249 e. The number of amides is 2. The lowest BCUT2D eigenvalue weighted by atomic mass is 10.1. The van der Waals surface area contributed by atoms with Crippen molar-refractivity contribution in [2.75, 3.05) is 24.5 Å². The molecule has 2 unspecified atom stereocenters. The lowest BCUT2D eigenvalue weighted by molar-refractivity contribution is -0.128. The summed E-state index contributed by atoms with van der Waals surface area (Å²) in [5, 5.41) is 5.78. The quantitative estimate of drug-likeness (QED) is 0.868. The van der Waals surface area contributed by atoms with Crippen molar-refractivity contribution < 1.29 is 18.4 Å². The zero-order chi connectivity index (χ0) is 15.7. The zero-order valence-corrected chi connectivity index (χ0v) is 11.9. The molecule has 2 N–H and O–H groups in total. The standard InChI is InChI=1S/C15H17F2N3O2/c16-10-2-1-3-11(17)13(10)20-7-5-12(15(20)22)19-14(21)9-4-6-18-8-9/h1-3,9,12,18H,4-8H2,(H,19,21). The van der Waals surface area contributed by atoms with Crippen LogP contribution in [0.2, 0.25) is 0 Å². The van der Waals surface area contributed by atoms with Gasteiger partial charge < -0.3 is 15.5 Å². The number of rotatable bonds is 3. The highest BCUT2D eigenvalue weighted by Crippen LogP contribution is 2.27. The molecule has 0 bridgehead atoms. The number of anilines is 1. The van der Waals surface area contributed by atoms with E-state index in [1.807, 2.05) is 0 Å². The summed E-state index contributed by atoms with van der Waals surface area (Å²) >= 11 is 0. The van der Waals surface area contributed by atoms with Gasteiger partial charge >= 0.3 is 0 Å². The number of carbonyl (C=O) groups is 2. The van der Waals surface area contributed by atoms with Gasteiger partial charge in [-0.1, -0.05) is 6.07 Å². The molecule has 2 aliphatic rings. The van der Waals surface area contributed by atoms with Crippen molar-refractivity contribution in [1.82, 2.24) is 10.6 Å². The molecule has 3 rings (SSSR count). The Balaban J connectivity index is 1.71. The summed E-state index contributed by atoms with van der Waals surface area (Å²) in [5.74, 6) is -2.35. The first-order valence-electron chi connectivity index (χ1n) is 7.34. The van der Waals surface area contributed by atoms with Gasteiger partial charge in [0.15, 0.2) is 0 Å². The van der Waals surface area contributed by atoms with Crippen LogP contribution in [0.15, 0.2) is 18.2 Å². The van der Waals surface area contributed by atoms with Crippen LogP contribution in [0.5, 0.6) is 0 Å². The first-order chi connectivity index (χ1) is 10.6. The Labute approximate surface area is 126 Å². The number of halogens is 2. The van der Waals surface area contributed by atoms with E-state index in [2.05, 4.69) is 10.6 Å². The second-order valence-electron chi connectivity index (χ2n) is 5.60. The van der Waals surface area contributed by atoms with E-state index in [1.165, 1.54) is 6.07 Å². The van der Waals surface area contributed by atoms with Gasteiger partial charge in [0.25, 0.3) is 0 Å². The topological polar surface area (TPSA) is 61.4 Å². The third kappa shape index (κ3) is 2.68. The summed E-state index contributed by atoms with van der Waals surface area (Å²) in [4.78, 5) is 25.4. The van der Waals surface area contributed by atoms with Gasteiger partial charge in [-0.3, -0.25) is 9.59 Å². The molecule has 0 aliphatic carbocycles. The molecule has 2 saturated heterocycles. The van der Waals surface area contributed by atoms with E-state index >= 15 is 0 Å². The number of nitrogens with one attached hydrogen (secondary N) is 2. The molecular weight excluding hydrogens is 292 g/mol. The van der Waals surface area contributed by atoms with Crippen molar-refractivity contribution >= 4 is 17.5 Å². The molecule has 118 valence electrons. The molecule has 0 aromatic heterocycles. The summed E-state index contributed by atoms with van der Waals surface area (Å²) < 4.78 is 27.6. The molecule has 2 atom stereocenters. The minimum atomic E-state index is -0.777. The van der Waals surface area contributed by atoms with Crippen molar-refractivity contribution in [2.24, 2.45) is 5.92 Å². The second kappa shape index (κ2) is 6.00. The highest BCUT2D eigenvalue weighted by atomic mass is 19.1. The minimum absolute atomic E-state index is 0.146. The Hall–Kier alpha value is -2.02. The maximum absolute atomic E-state index is 13.8. The third-order valence-corrected chi connectivity index (χ3v) is 4.16. The summed E-state index contributed by atoms with van der Waals surface area (Å²) in [6.07, 6.45) is 1.08. The SMILES string of the molecule is O=C(NC1CCN(c2c(F)cccc2F)C1=O)C1CCNC1. The van der Waals surface area contributed by atoms with E-state index in [1.54, 1.807) is 0 Å². The van der Waals surface area contributed by atoms with Crippen molar-refractivity contribution in [3.63, 3.8) is 0 Å². The Morgan fingerprint density at radius 1 is 1.27 bits per heavy atom. The van der Waals surface area contributed by atoms with Crippen molar-refractivity contribution in [3.8, 4) is 0 Å². The van der Waals surface area contributed by atoms with E-state index in [-0.39, 0.29) is 24.1 Å². The maximum atomic E-state index is 13.8. The Kier molecular flexibility index (Phi) is 4.06. The second-order valence-corrected chi connectivity index (χ2v) is 5.60. The van der Waals surface area contributed by atoms with Crippen molar-refractivity contribution in [3.05, 3.63) is 29.8 Å². The van der Waals surface area contributed by atoms with Gasteiger partial charge in [0, 0.05) is 13.1 Å². The molecule has 2 heterocycles. The first kappa shape index (κ1) is 14.9. The molecule has 2 fully saturated rings. The van der Waals surface area contributed by atoms with E-state index < -0.39 is 23.6 Å². The molecule has 22 heavy (non-hydrogen) atoms. The molecule has 1 aromatic carbocycles. The predicted octanol–water partition coefficient (Wildman–Crippen LogP) is 0.796. The molecule has 0 saturated carbocycles. The predicted molar refractivity (Wildman–Crippen MR) is 76.2 cm³/mol. The van der Waals surface area contributed by atoms with Crippen molar-refractivity contribution in [1.29, 1.82) is 0 Å². The number of nitrogens with zero attached hydrogens (tertiary/aromatic N) is 1. The fourth-order valence-electron chi connectivity index (χ4n) is 2.95. The van der Waals surface area contributed by atoms with Gasteiger partial charge in [-0.2, -0.15) is 0 Å². The largest absolute Gasteiger partial charge is 0.344 e. The van der Waals surface area contributed by atoms with Crippen LogP contribution in [0.4, 0.5) is 14.5 Å². The highest BCUT2D eigenvalue weighted by Gasteiger charge is 2.37. The number of hydrogen-bond acceptors (Lipinski definition) is 3. The van der Waals surface area contributed by atoms with Crippen LogP contribution >= 0.6 is 0 Å². The fourth-order valence-corrected chi connectivity index (χ4v) is 2.95. The van der Waals surface area contributed by atoms with Crippen LogP contribution in [-0.4, -0.2) is 37.5 Å². The lowest BCUT2D eigenvalue weighted by Crippen LogP contribution is -2.44. The first-order valence-corrected chi connectivity index (χ1v) is 7.34. The van der Waals surface area contributed by atoms with Crippen molar-refractivity contribution in [2.45, 2.75) is 18.9 Å². The average Bonchev–Trinajstić information content (AvgIpc) is 3.12. The van der Waals surface area contributed by atoms with Gasteiger partial charge in [-0.05, 0) is 31.5 Å². The monoisotopic (exact) mass is 309 g/mol. The summed E-state index contributed by atoms with van der Waals surface area (Å²) in [6, 6.07) is 2.76. The Morgan fingerprint density at radius 2 is 2.00 bits per heavy atom. The molecule has 2 aliphatic heterocycles. The zero-order valence-electron chi connectivity index (χ0n) is 11.9. The van der Waals surface area contributed by atoms with Crippen LogP contribution in [0.3, 0.4) is 0 Å². The van der Waals surface area contributed by atoms with Gasteiger partial charge in [0.05, 0.1) is 5.92 Å². The number of hydrogen-bond donors (Lipinski definition) is 2. The van der Waals surface area contributed by atoms with Gasteiger partial charge in [-0.15, -0.1) is 0 Å². The average molecular weight is 309 g/mol. The molecule has 0 spiro atoms. The summed E-state index contributed by atoms with van der Waals surface area (Å²) in [7, 11) is 0. The van der Waals surface area contributed by atoms with E-state index in [0.29, 0.717) is 13.0 Å². The highest BCUT2D eigenvalue weighted by molar-refractivity contribution is 6.01. The van der Waals surface area contributed by atoms with Gasteiger partial charge in [-0.25, -0.2) is 8.78 Å². The summed E-state index contributed by atoms with van der Waals surface area (Å²) in [6.45, 7) is 1.56. The lowest BCUT2D eigenvalue weighted by Gasteiger charge is -2.19. The molecule has 7 heteroatoms. The van der Waals surface area contributed by atoms with Crippen LogP contribution in [0, 0.1) is 17.6 Å². The van der Waals surface area contributed by atoms with Gasteiger partial charge in [0.1, 0.15) is 23.4 Å². The third-order valence-electron chi connectivity index (χ3n) is 4.16. The van der Waals surface area contributed by atoms with E-state index in [0.717, 1.165) is 30.0 Å². The van der Waals surface area contributed by atoms with Gasteiger partial charge in [0.2, 0.25) is 11.8 Å². The van der Waals surface area contributed by atoms with E-state index in [4.69, 9.17) is 0 Å². The fraction of sp³-hybridized carbons (Fsp3) is 0.467. The van der Waals surface area contributed by atoms with Crippen LogP contribution in [0.1, 0.15) is 12.8 Å². The van der Waals surface area contributed by atoms with E-state index in [9.17, 15) is 18.4 Å². The smallest absolute Gasteiger partial charge is 0.249 e. The molecule has 2 amide bonds. The number of carbonyl (C=O) groups excluding carboxylic acids is 2. The number of benzene rings is 1. The molecular formula is C15H17F2N3O2. The Morgan fingerprint density at radius 3 is 2.64 bits per heavy atom.